The van der Waals surface area contributed by atoms with Crippen LogP contribution in [0.3, 0.4) is 0 Å². The van der Waals surface area contributed by atoms with Gasteiger partial charge in [0.2, 0.25) is 5.91 Å². The fraction of sp³-hybridized carbons (Fsp3) is 0.500. The topological polar surface area (TPSA) is 119 Å². The molecule has 8 nitrogen and oxygen atoms in total. The van der Waals surface area contributed by atoms with Crippen LogP contribution in [0.4, 0.5) is 0 Å². The summed E-state index contributed by atoms with van der Waals surface area (Å²) in [5.41, 5.74) is 0.788. The molecule has 0 spiro atoms. The number of hydrogen-bond acceptors (Lipinski definition) is 6. The molecule has 2 heterocycles. The van der Waals surface area contributed by atoms with Gasteiger partial charge in [0.25, 0.3) is 0 Å². The third-order valence-corrected chi connectivity index (χ3v) is 4.02. The first-order valence-electron chi connectivity index (χ1n) is 6.39. The van der Waals surface area contributed by atoms with E-state index in [1.54, 1.807) is 0 Å². The van der Waals surface area contributed by atoms with Crippen molar-refractivity contribution in [3.05, 3.63) is 11.1 Å². The lowest BCUT2D eigenvalue weighted by molar-refractivity contribution is -0.143. The van der Waals surface area contributed by atoms with Crippen molar-refractivity contribution < 1.29 is 24.6 Å². The van der Waals surface area contributed by atoms with Crippen LogP contribution in [0.2, 0.25) is 0 Å². The van der Waals surface area contributed by atoms with Crippen molar-refractivity contribution in [1.29, 1.82) is 0 Å². The van der Waals surface area contributed by atoms with Crippen LogP contribution < -0.4 is 5.32 Å². The highest BCUT2D eigenvalue weighted by Crippen LogP contribution is 2.30. The normalized spacial score (nSPS) is 17.8. The van der Waals surface area contributed by atoms with E-state index in [9.17, 15) is 14.4 Å². The smallest absolute Gasteiger partial charge is 0.326 e. The number of carbonyl (C=O) groups excluding carboxylic acids is 1. The van der Waals surface area contributed by atoms with Crippen molar-refractivity contribution in [3.63, 3.8) is 0 Å². The van der Waals surface area contributed by atoms with Crippen LogP contribution in [0.1, 0.15) is 19.3 Å². The zero-order valence-corrected chi connectivity index (χ0v) is 11.9. The second-order valence-electron chi connectivity index (χ2n) is 4.61. The fourth-order valence-corrected chi connectivity index (χ4v) is 3.00. The summed E-state index contributed by atoms with van der Waals surface area (Å²) in [5, 5.41) is 22.6. The highest BCUT2D eigenvalue weighted by molar-refractivity contribution is 8.16. The monoisotopic (exact) mass is 313 g/mol. The molecule has 114 valence electrons. The molecule has 0 bridgehead atoms. The second kappa shape index (κ2) is 6.61. The molecule has 2 aliphatic rings. The molecular formula is C12H15N3O5S. The average molecular weight is 313 g/mol. The highest BCUT2D eigenvalue weighted by atomic mass is 32.2. The molecule has 1 amide bonds. The summed E-state index contributed by atoms with van der Waals surface area (Å²) in [6.07, 6.45) is -0.387. The number of aliphatic imine (C=N–C) groups is 1. The van der Waals surface area contributed by atoms with Gasteiger partial charge in [-0.1, -0.05) is 11.8 Å². The van der Waals surface area contributed by atoms with Crippen molar-refractivity contribution >= 4 is 34.8 Å². The Morgan fingerprint density at radius 2 is 2.19 bits per heavy atom. The first-order chi connectivity index (χ1) is 9.97. The number of fused-ring (bicyclic) bond motifs is 1. The van der Waals surface area contributed by atoms with Gasteiger partial charge in [-0.3, -0.25) is 14.6 Å². The van der Waals surface area contributed by atoms with E-state index in [1.165, 1.54) is 11.8 Å². The van der Waals surface area contributed by atoms with Gasteiger partial charge in [0, 0.05) is 18.7 Å². The zero-order valence-electron chi connectivity index (χ0n) is 11.1. The molecule has 0 aromatic heterocycles. The molecule has 9 heteroatoms. The van der Waals surface area contributed by atoms with Gasteiger partial charge in [-0.15, -0.1) is 0 Å². The fourth-order valence-electron chi connectivity index (χ4n) is 2.05. The summed E-state index contributed by atoms with van der Waals surface area (Å²) in [7, 11) is 0. The third kappa shape index (κ3) is 3.97. The Hall–Kier alpha value is -2.03. The largest absolute Gasteiger partial charge is 0.481 e. The molecule has 0 saturated heterocycles. The maximum atomic E-state index is 11.9. The number of nitrogens with zero attached hydrogens (tertiary/aromatic N) is 2. The summed E-state index contributed by atoms with van der Waals surface area (Å²) in [5.74, 6) is -2.76. The number of nitrogens with one attached hydrogen (secondary N) is 1. The molecule has 0 radical (unpaired) electrons. The van der Waals surface area contributed by atoms with Gasteiger partial charge in [-0.05, 0) is 11.8 Å². The van der Waals surface area contributed by atoms with Crippen LogP contribution >= 0.6 is 11.8 Å². The number of thioether (sulfide) groups is 1. The Labute approximate surface area is 124 Å². The summed E-state index contributed by atoms with van der Waals surface area (Å²) < 4.78 is 0. The Bertz CT molecular complexity index is 531. The highest BCUT2D eigenvalue weighted by Gasteiger charge is 2.28. The van der Waals surface area contributed by atoms with E-state index in [1.807, 2.05) is 10.3 Å². The lowest BCUT2D eigenvalue weighted by Gasteiger charge is -2.18. The molecule has 0 saturated carbocycles. The van der Waals surface area contributed by atoms with Crippen LogP contribution in [0.25, 0.3) is 0 Å². The van der Waals surface area contributed by atoms with Gasteiger partial charge in [-0.2, -0.15) is 0 Å². The second-order valence-corrected chi connectivity index (χ2v) is 5.45. The Morgan fingerprint density at radius 1 is 1.43 bits per heavy atom. The Kier molecular flexibility index (Phi) is 4.84. The van der Waals surface area contributed by atoms with Gasteiger partial charge < -0.3 is 20.4 Å². The predicted octanol–water partition coefficient (Wildman–Crippen LogP) is 0.0705. The molecule has 1 unspecified atom stereocenters. The average Bonchev–Trinajstić information content (AvgIpc) is 2.99. The SMILES string of the molecule is O=C(O)CCC(NC(=O)CC1=CSC2=NCCN12)C(=O)O. The minimum Gasteiger partial charge on any atom is -0.481 e. The lowest BCUT2D eigenvalue weighted by atomic mass is 10.1. The molecule has 3 N–H and O–H groups in total. The Morgan fingerprint density at radius 3 is 2.86 bits per heavy atom. The number of aliphatic carboxylic acids is 2. The van der Waals surface area contributed by atoms with Crippen LogP contribution in [-0.4, -0.2) is 57.3 Å². The van der Waals surface area contributed by atoms with Crippen LogP contribution in [0.15, 0.2) is 16.1 Å². The van der Waals surface area contributed by atoms with Crippen molar-refractivity contribution in [2.24, 2.45) is 4.99 Å². The number of amides is 1. The lowest BCUT2D eigenvalue weighted by Crippen LogP contribution is -2.41. The van der Waals surface area contributed by atoms with Crippen LogP contribution in [-0.2, 0) is 14.4 Å². The number of carboxylic acids is 2. The van der Waals surface area contributed by atoms with Gasteiger partial charge in [0.15, 0.2) is 5.17 Å². The quantitative estimate of drug-likeness (QED) is 0.608. The molecule has 21 heavy (non-hydrogen) atoms. The van der Waals surface area contributed by atoms with Gasteiger partial charge >= 0.3 is 11.9 Å². The predicted molar refractivity (Wildman–Crippen MR) is 75.7 cm³/mol. The number of carboxylic acid groups (broad SMARTS) is 2. The van der Waals surface area contributed by atoms with E-state index >= 15 is 0 Å². The zero-order chi connectivity index (χ0) is 15.4. The molecule has 1 atom stereocenters. The van der Waals surface area contributed by atoms with E-state index in [-0.39, 0.29) is 19.3 Å². The Balaban J connectivity index is 1.86. The van der Waals surface area contributed by atoms with E-state index in [4.69, 9.17) is 10.2 Å². The van der Waals surface area contributed by atoms with E-state index in [2.05, 4.69) is 10.3 Å². The molecule has 2 aliphatic heterocycles. The minimum absolute atomic E-state index is 0.0584. The molecular weight excluding hydrogens is 298 g/mol. The van der Waals surface area contributed by atoms with Gasteiger partial charge in [-0.25, -0.2) is 4.79 Å². The maximum Gasteiger partial charge on any atom is 0.326 e. The molecule has 0 aliphatic carbocycles. The van der Waals surface area contributed by atoms with Crippen molar-refractivity contribution in [1.82, 2.24) is 10.2 Å². The first kappa shape index (κ1) is 15.4. The summed E-state index contributed by atoms with van der Waals surface area (Å²) >= 11 is 1.44. The first-order valence-corrected chi connectivity index (χ1v) is 7.27. The van der Waals surface area contributed by atoms with Crippen molar-refractivity contribution in [2.45, 2.75) is 25.3 Å². The maximum absolute atomic E-state index is 11.9. The van der Waals surface area contributed by atoms with Crippen molar-refractivity contribution in [2.75, 3.05) is 13.1 Å². The molecule has 0 aromatic rings. The number of rotatable bonds is 7. The summed E-state index contributed by atoms with van der Waals surface area (Å²) in [6.45, 7) is 1.42. The number of amidine groups is 1. The van der Waals surface area contributed by atoms with E-state index in [0.717, 1.165) is 17.4 Å². The van der Waals surface area contributed by atoms with Crippen LogP contribution in [0, 0.1) is 0 Å². The summed E-state index contributed by atoms with van der Waals surface area (Å²) in [4.78, 5) is 39.6. The molecule has 0 fully saturated rings. The van der Waals surface area contributed by atoms with Crippen molar-refractivity contribution in [3.8, 4) is 0 Å². The number of hydrogen-bond donors (Lipinski definition) is 3. The van der Waals surface area contributed by atoms with E-state index in [0.29, 0.717) is 6.54 Å². The minimum atomic E-state index is -1.23. The molecule has 2 rings (SSSR count). The summed E-state index contributed by atoms with van der Waals surface area (Å²) in [6, 6.07) is -1.19. The van der Waals surface area contributed by atoms with E-state index < -0.39 is 23.9 Å². The number of carbonyl (C=O) groups is 3. The van der Waals surface area contributed by atoms with Crippen LogP contribution in [0.5, 0.6) is 0 Å². The molecule has 0 aromatic carbocycles. The van der Waals surface area contributed by atoms with Gasteiger partial charge in [0.1, 0.15) is 6.04 Å². The van der Waals surface area contributed by atoms with Gasteiger partial charge in [0.05, 0.1) is 13.0 Å². The third-order valence-electron chi connectivity index (χ3n) is 3.07. The standard InChI is InChI=1S/C12H15N3O5S/c16-9(14-8(11(19)20)1-2-10(17)18)5-7-6-21-12-13-3-4-15(7)12/h6,8H,1-5H2,(H,14,16)(H,17,18)(H,19,20).